The number of carbonyl (C=O) groups is 2. The maximum absolute atomic E-state index is 12.3. The minimum absolute atomic E-state index is 0.117. The molecule has 0 aromatic heterocycles. The Morgan fingerprint density at radius 1 is 1.48 bits per heavy atom. The summed E-state index contributed by atoms with van der Waals surface area (Å²) in [6.07, 6.45) is 1.24. The molecule has 21 heavy (non-hydrogen) atoms. The van der Waals surface area contributed by atoms with Gasteiger partial charge in [0.1, 0.15) is 17.6 Å². The summed E-state index contributed by atoms with van der Waals surface area (Å²) in [7, 11) is 1.31. The molecular formula is C14H18O5S2. The second kappa shape index (κ2) is 5.52. The lowest BCUT2D eigenvalue weighted by Crippen LogP contribution is -2.51. The van der Waals surface area contributed by atoms with Gasteiger partial charge in [-0.3, -0.25) is 9.59 Å². The van der Waals surface area contributed by atoms with E-state index in [0.29, 0.717) is 0 Å². The lowest BCUT2D eigenvalue weighted by atomic mass is 9.66. The molecule has 0 saturated carbocycles. The monoisotopic (exact) mass is 330 g/mol. The highest BCUT2D eigenvalue weighted by molar-refractivity contribution is 8.17. The quantitative estimate of drug-likeness (QED) is 0.602. The van der Waals surface area contributed by atoms with E-state index in [9.17, 15) is 14.7 Å². The average molecular weight is 330 g/mol. The lowest BCUT2D eigenvalue weighted by molar-refractivity contribution is -0.159. The lowest BCUT2D eigenvalue weighted by Gasteiger charge is -2.39. The van der Waals surface area contributed by atoms with Crippen molar-refractivity contribution in [3.05, 3.63) is 11.6 Å². The molecule has 1 aliphatic carbocycles. The predicted molar refractivity (Wildman–Crippen MR) is 80.9 cm³/mol. The van der Waals surface area contributed by atoms with Gasteiger partial charge in [0.2, 0.25) is 0 Å². The molecule has 2 bridgehead atoms. The number of carbonyl (C=O) groups excluding carboxylic acids is 2. The van der Waals surface area contributed by atoms with Gasteiger partial charge in [-0.25, -0.2) is 0 Å². The van der Waals surface area contributed by atoms with Crippen LogP contribution in [0, 0.1) is 11.3 Å². The average Bonchev–Trinajstić information content (AvgIpc) is 2.64. The molecule has 7 heteroatoms. The number of thioether (sulfide) groups is 2. The third-order valence-electron chi connectivity index (χ3n) is 4.43. The fourth-order valence-electron chi connectivity index (χ4n) is 3.22. The Hall–Kier alpha value is -0.660. The first kappa shape index (κ1) is 15.2. The number of hydrogen-bond acceptors (Lipinski definition) is 7. The van der Waals surface area contributed by atoms with Crippen molar-refractivity contribution in [3.8, 4) is 0 Å². The summed E-state index contributed by atoms with van der Waals surface area (Å²) in [6, 6.07) is 0. The Balaban J connectivity index is 2.03. The summed E-state index contributed by atoms with van der Waals surface area (Å²) >= 11 is 3.55. The fourth-order valence-corrected chi connectivity index (χ4v) is 6.23. The molecule has 0 radical (unpaired) electrons. The number of methoxy groups -OCH3 is 1. The number of hydrogen-bond donors (Lipinski definition) is 1. The number of rotatable bonds is 2. The molecule has 0 aromatic carbocycles. The molecule has 2 saturated heterocycles. The first-order valence-electron chi connectivity index (χ1n) is 6.92. The second-order valence-corrected chi connectivity index (χ2v) is 8.37. The van der Waals surface area contributed by atoms with Gasteiger partial charge in [-0.15, -0.1) is 23.5 Å². The van der Waals surface area contributed by atoms with E-state index < -0.39 is 35.5 Å². The van der Waals surface area contributed by atoms with Crippen molar-refractivity contribution >= 4 is 35.5 Å². The van der Waals surface area contributed by atoms with Crippen LogP contribution in [-0.2, 0) is 19.1 Å². The highest BCUT2D eigenvalue weighted by Gasteiger charge is 2.64. The van der Waals surface area contributed by atoms with E-state index in [0.717, 1.165) is 23.5 Å². The van der Waals surface area contributed by atoms with Gasteiger partial charge in [0, 0.05) is 0 Å². The Labute approximate surface area is 131 Å². The number of fused-ring (bicyclic) bond motifs is 2. The van der Waals surface area contributed by atoms with E-state index in [1.165, 1.54) is 7.11 Å². The van der Waals surface area contributed by atoms with Gasteiger partial charge in [-0.2, -0.15) is 0 Å². The number of aliphatic hydroxyl groups excluding tert-OH is 1. The van der Waals surface area contributed by atoms with Crippen molar-refractivity contribution in [1.82, 2.24) is 0 Å². The summed E-state index contributed by atoms with van der Waals surface area (Å²) in [5, 5.41) is 10.4. The molecule has 0 amide bonds. The Morgan fingerprint density at radius 2 is 2.14 bits per heavy atom. The molecule has 4 atom stereocenters. The van der Waals surface area contributed by atoms with Crippen molar-refractivity contribution in [3.63, 3.8) is 0 Å². The van der Waals surface area contributed by atoms with E-state index in [-0.39, 0.29) is 4.58 Å². The maximum Gasteiger partial charge on any atom is 0.316 e. The first-order valence-corrected chi connectivity index (χ1v) is 9.01. The molecule has 2 heterocycles. The van der Waals surface area contributed by atoms with Crippen LogP contribution in [0.25, 0.3) is 0 Å². The highest BCUT2D eigenvalue weighted by atomic mass is 32.2. The Morgan fingerprint density at radius 3 is 2.76 bits per heavy atom. The van der Waals surface area contributed by atoms with Gasteiger partial charge in [0.05, 0.1) is 17.6 Å². The van der Waals surface area contributed by atoms with E-state index in [1.807, 2.05) is 0 Å². The summed E-state index contributed by atoms with van der Waals surface area (Å²) in [6.45, 7) is 1.60. The van der Waals surface area contributed by atoms with Crippen LogP contribution in [-0.4, -0.2) is 52.5 Å². The zero-order chi connectivity index (χ0) is 15.2. The maximum atomic E-state index is 12.3. The molecular weight excluding hydrogens is 312 g/mol. The number of ether oxygens (including phenoxy) is 2. The van der Waals surface area contributed by atoms with Crippen LogP contribution in [0.2, 0.25) is 0 Å². The summed E-state index contributed by atoms with van der Waals surface area (Å²) < 4.78 is 10.3. The van der Waals surface area contributed by atoms with Crippen molar-refractivity contribution < 1.29 is 24.2 Å². The van der Waals surface area contributed by atoms with Crippen molar-refractivity contribution in [2.24, 2.45) is 11.3 Å². The van der Waals surface area contributed by atoms with Crippen LogP contribution in [0.5, 0.6) is 0 Å². The molecule has 116 valence electrons. The molecule has 1 N–H and O–H groups in total. The molecule has 0 spiro atoms. The molecule has 0 unspecified atom stereocenters. The summed E-state index contributed by atoms with van der Waals surface area (Å²) in [4.78, 5) is 24.5. The van der Waals surface area contributed by atoms with Crippen molar-refractivity contribution in [2.75, 3.05) is 18.6 Å². The largest absolute Gasteiger partial charge is 0.469 e. The highest BCUT2D eigenvalue weighted by Crippen LogP contribution is 2.53. The zero-order valence-electron chi connectivity index (χ0n) is 11.9. The van der Waals surface area contributed by atoms with Crippen LogP contribution in [0.3, 0.4) is 0 Å². The van der Waals surface area contributed by atoms with Gasteiger partial charge >= 0.3 is 11.9 Å². The summed E-state index contributed by atoms with van der Waals surface area (Å²) in [5.41, 5.74) is -0.388. The third kappa shape index (κ3) is 2.21. The molecule has 3 rings (SSSR count). The predicted octanol–water partition coefficient (Wildman–Crippen LogP) is 1.20. The molecule has 2 fully saturated rings. The van der Waals surface area contributed by atoms with E-state index >= 15 is 0 Å². The topological polar surface area (TPSA) is 72.8 Å². The van der Waals surface area contributed by atoms with Crippen molar-refractivity contribution in [1.29, 1.82) is 0 Å². The van der Waals surface area contributed by atoms with Crippen LogP contribution in [0.4, 0.5) is 0 Å². The first-order chi connectivity index (χ1) is 10.00. The molecule has 5 nitrogen and oxygen atoms in total. The SMILES string of the molecule is COC(=O)[C@@H]1C(C2SCCCS2)=C[C@H]2OC(=O)[C@]1(C)[C@H]2O. The number of aliphatic hydroxyl groups is 1. The third-order valence-corrected chi connectivity index (χ3v) is 7.45. The van der Waals surface area contributed by atoms with Crippen LogP contribution in [0.15, 0.2) is 11.6 Å². The second-order valence-electron chi connectivity index (χ2n) is 5.65. The Bertz CT molecular complexity index is 500. The van der Waals surface area contributed by atoms with Crippen molar-refractivity contribution in [2.45, 2.75) is 30.1 Å². The van der Waals surface area contributed by atoms with Gasteiger partial charge in [0.15, 0.2) is 0 Å². The van der Waals surface area contributed by atoms with Crippen LogP contribution >= 0.6 is 23.5 Å². The van der Waals surface area contributed by atoms with Crippen LogP contribution in [0.1, 0.15) is 13.3 Å². The molecule has 2 aliphatic heterocycles. The van der Waals surface area contributed by atoms with Gasteiger partial charge in [0.25, 0.3) is 0 Å². The van der Waals surface area contributed by atoms with Gasteiger partial charge in [-0.05, 0) is 36.5 Å². The van der Waals surface area contributed by atoms with Crippen LogP contribution < -0.4 is 0 Å². The minimum atomic E-state index is -1.25. The van der Waals surface area contributed by atoms with E-state index in [1.54, 1.807) is 36.5 Å². The summed E-state index contributed by atoms with van der Waals surface area (Å²) in [5.74, 6) is 0.287. The fraction of sp³-hybridized carbons (Fsp3) is 0.714. The van der Waals surface area contributed by atoms with E-state index in [4.69, 9.17) is 9.47 Å². The normalized spacial score (nSPS) is 39.7. The minimum Gasteiger partial charge on any atom is -0.469 e. The van der Waals surface area contributed by atoms with Gasteiger partial charge < -0.3 is 14.6 Å². The Kier molecular flexibility index (Phi) is 4.00. The molecule has 0 aromatic rings. The molecule has 3 aliphatic rings. The smallest absolute Gasteiger partial charge is 0.316 e. The van der Waals surface area contributed by atoms with E-state index in [2.05, 4.69) is 0 Å². The standard InChI is InChI=1S/C14H18O5S2/c1-14-9(11(16)18-2)7(12-20-4-3-5-21-12)6-8(10(14)15)19-13(14)17/h6,8-10,12,15H,3-5H2,1-2H3/t8-,9+,10+,14+/m1/s1. The van der Waals surface area contributed by atoms with Gasteiger partial charge in [-0.1, -0.05) is 0 Å². The number of esters is 2. The zero-order valence-corrected chi connectivity index (χ0v) is 13.5.